The summed E-state index contributed by atoms with van der Waals surface area (Å²) in [5.74, 6) is 0.864. The van der Waals surface area contributed by atoms with Crippen LogP contribution < -0.4 is 5.32 Å². The largest absolute Gasteiger partial charge is 0.456 e. The lowest BCUT2D eigenvalue weighted by Crippen LogP contribution is -2.31. The molecule has 286 valence electrons. The Balaban J connectivity index is 1.02. The van der Waals surface area contributed by atoms with Crippen LogP contribution >= 0.6 is 0 Å². The third kappa shape index (κ3) is 5.91. The lowest BCUT2D eigenvalue weighted by molar-refractivity contribution is 0.669. The maximum absolute atomic E-state index is 6.65. The van der Waals surface area contributed by atoms with Crippen LogP contribution in [0.3, 0.4) is 0 Å². The van der Waals surface area contributed by atoms with Gasteiger partial charge in [0, 0.05) is 43.6 Å². The standard InChI is InChI=1S/C57H37N3O/c1-4-16-37(17-5-1)49-35-50(60-57(59-49)40-20-8-3-9-21-40)44-33-32-41(42-22-10-11-23-43(42)44)36-28-30-38(31-29-36)53-54-45-24-12-14-26-48(45)58-56(39-18-6-2-7-19-39)47(54)34-52-55(53)46-25-13-15-27-51(46)61-52/h1-35,50H,(H,59,60). The van der Waals surface area contributed by atoms with E-state index in [0.717, 1.165) is 88.8 Å². The van der Waals surface area contributed by atoms with Gasteiger partial charge in [-0.3, -0.25) is 0 Å². The molecule has 11 aromatic rings. The summed E-state index contributed by atoms with van der Waals surface area (Å²) in [6.07, 6.45) is 2.25. The van der Waals surface area contributed by atoms with Crippen LogP contribution in [0.25, 0.3) is 93.6 Å². The van der Waals surface area contributed by atoms with E-state index in [9.17, 15) is 0 Å². The maximum Gasteiger partial charge on any atom is 0.136 e. The van der Waals surface area contributed by atoms with Gasteiger partial charge in [0.2, 0.25) is 0 Å². The van der Waals surface area contributed by atoms with Crippen LogP contribution in [0.4, 0.5) is 0 Å². The molecule has 4 nitrogen and oxygen atoms in total. The molecular formula is C57H37N3O. The fourth-order valence-corrected chi connectivity index (χ4v) is 9.30. The maximum atomic E-state index is 6.65. The van der Waals surface area contributed by atoms with Crippen molar-refractivity contribution in [2.75, 3.05) is 0 Å². The van der Waals surface area contributed by atoms with Gasteiger partial charge in [0.1, 0.15) is 17.0 Å². The Kier molecular flexibility index (Phi) is 8.20. The molecule has 9 aromatic carbocycles. The predicted molar refractivity (Wildman–Crippen MR) is 254 cm³/mol. The number of para-hydroxylation sites is 2. The van der Waals surface area contributed by atoms with Crippen molar-refractivity contribution in [2.24, 2.45) is 4.99 Å². The molecule has 1 aliphatic rings. The molecule has 0 spiro atoms. The molecule has 61 heavy (non-hydrogen) atoms. The van der Waals surface area contributed by atoms with E-state index in [1.54, 1.807) is 0 Å². The molecule has 12 rings (SSSR count). The molecule has 0 amide bonds. The lowest BCUT2D eigenvalue weighted by atomic mass is 9.88. The van der Waals surface area contributed by atoms with Gasteiger partial charge in [-0.1, -0.05) is 188 Å². The average molecular weight is 780 g/mol. The van der Waals surface area contributed by atoms with Crippen molar-refractivity contribution in [2.45, 2.75) is 6.04 Å². The van der Waals surface area contributed by atoms with Crippen molar-refractivity contribution in [1.82, 2.24) is 10.3 Å². The highest BCUT2D eigenvalue weighted by Crippen LogP contribution is 2.47. The summed E-state index contributed by atoms with van der Waals surface area (Å²) in [4.78, 5) is 10.4. The number of nitrogens with zero attached hydrogens (tertiary/aromatic N) is 2. The second-order valence-corrected chi connectivity index (χ2v) is 15.7. The second kappa shape index (κ2) is 14.3. The fourth-order valence-electron chi connectivity index (χ4n) is 9.30. The van der Waals surface area contributed by atoms with E-state index in [4.69, 9.17) is 14.4 Å². The zero-order valence-corrected chi connectivity index (χ0v) is 33.1. The number of fused-ring (bicyclic) bond motifs is 7. The minimum Gasteiger partial charge on any atom is -0.456 e. The van der Waals surface area contributed by atoms with Gasteiger partial charge in [-0.15, -0.1) is 0 Å². The Morgan fingerprint density at radius 3 is 1.79 bits per heavy atom. The smallest absolute Gasteiger partial charge is 0.136 e. The number of pyridine rings is 1. The molecule has 0 saturated heterocycles. The Hall–Kier alpha value is -8.08. The van der Waals surface area contributed by atoms with E-state index < -0.39 is 0 Å². The van der Waals surface area contributed by atoms with E-state index in [1.165, 1.54) is 27.3 Å². The monoisotopic (exact) mass is 779 g/mol. The summed E-state index contributed by atoms with van der Waals surface area (Å²) in [5.41, 5.74) is 13.6. The van der Waals surface area contributed by atoms with Crippen LogP contribution in [-0.2, 0) is 0 Å². The van der Waals surface area contributed by atoms with Gasteiger partial charge in [0.25, 0.3) is 0 Å². The first-order valence-corrected chi connectivity index (χ1v) is 20.8. The fraction of sp³-hybridized carbons (Fsp3) is 0.0175. The summed E-state index contributed by atoms with van der Waals surface area (Å²) in [7, 11) is 0. The molecule has 3 heterocycles. The quantitative estimate of drug-likeness (QED) is 0.171. The number of hydrogen-bond acceptors (Lipinski definition) is 4. The third-order valence-electron chi connectivity index (χ3n) is 12.1. The number of benzene rings is 9. The molecule has 0 saturated carbocycles. The van der Waals surface area contributed by atoms with Gasteiger partial charge in [0.15, 0.2) is 0 Å². The van der Waals surface area contributed by atoms with Gasteiger partial charge >= 0.3 is 0 Å². The summed E-state index contributed by atoms with van der Waals surface area (Å²) in [6.45, 7) is 0. The highest BCUT2D eigenvalue weighted by molar-refractivity contribution is 6.27. The minimum atomic E-state index is -0.0899. The molecule has 0 fully saturated rings. The van der Waals surface area contributed by atoms with Crippen molar-refractivity contribution in [3.8, 4) is 33.5 Å². The highest BCUT2D eigenvalue weighted by Gasteiger charge is 2.24. The number of aromatic nitrogens is 1. The highest BCUT2D eigenvalue weighted by atomic mass is 16.3. The topological polar surface area (TPSA) is 50.4 Å². The van der Waals surface area contributed by atoms with E-state index in [2.05, 4.69) is 199 Å². The van der Waals surface area contributed by atoms with E-state index in [0.29, 0.717) is 0 Å². The van der Waals surface area contributed by atoms with E-state index in [-0.39, 0.29) is 6.04 Å². The average Bonchev–Trinajstić information content (AvgIpc) is 3.72. The van der Waals surface area contributed by atoms with Crippen molar-refractivity contribution in [3.05, 3.63) is 229 Å². The molecule has 1 unspecified atom stereocenters. The first-order valence-electron chi connectivity index (χ1n) is 20.8. The summed E-state index contributed by atoms with van der Waals surface area (Å²) in [5, 5.41) is 11.8. The number of aliphatic imine (C=N–C) groups is 1. The van der Waals surface area contributed by atoms with E-state index >= 15 is 0 Å². The zero-order valence-electron chi connectivity index (χ0n) is 33.1. The summed E-state index contributed by atoms with van der Waals surface area (Å²) < 4.78 is 6.65. The lowest BCUT2D eigenvalue weighted by Gasteiger charge is -2.26. The summed E-state index contributed by atoms with van der Waals surface area (Å²) >= 11 is 0. The Bertz CT molecular complexity index is 3530. The van der Waals surface area contributed by atoms with Crippen LogP contribution in [0.1, 0.15) is 22.7 Å². The first-order chi connectivity index (χ1) is 30.2. The van der Waals surface area contributed by atoms with Crippen molar-refractivity contribution in [1.29, 1.82) is 0 Å². The molecule has 1 N–H and O–H groups in total. The van der Waals surface area contributed by atoms with E-state index in [1.807, 2.05) is 18.2 Å². The third-order valence-corrected chi connectivity index (χ3v) is 12.1. The molecule has 0 bridgehead atoms. The van der Waals surface area contributed by atoms with Crippen LogP contribution in [0.5, 0.6) is 0 Å². The number of rotatable bonds is 6. The van der Waals surface area contributed by atoms with Gasteiger partial charge in [-0.25, -0.2) is 9.98 Å². The molecule has 4 heteroatoms. The number of hydrogen-bond donors (Lipinski definition) is 1. The number of amidine groups is 1. The Labute approximate surface area is 352 Å². The molecular weight excluding hydrogens is 743 g/mol. The SMILES string of the molecule is C1=C(c2ccccc2)N=C(c2ccccc2)NC1c1ccc(-c2ccc(-c3c4c(cc5c(-c6ccccc6)nc6ccccc6c35)oc3ccccc34)cc2)c2ccccc12. The minimum absolute atomic E-state index is 0.0899. The van der Waals surface area contributed by atoms with Gasteiger partial charge in [0.05, 0.1) is 22.9 Å². The van der Waals surface area contributed by atoms with Crippen LogP contribution in [-0.4, -0.2) is 10.8 Å². The number of furan rings is 1. The summed E-state index contributed by atoms with van der Waals surface area (Å²) in [6, 6.07) is 72.8. The van der Waals surface area contributed by atoms with Crippen LogP contribution in [0.2, 0.25) is 0 Å². The Morgan fingerprint density at radius 1 is 0.426 bits per heavy atom. The molecule has 2 aromatic heterocycles. The zero-order chi connectivity index (χ0) is 40.3. The molecule has 0 radical (unpaired) electrons. The normalized spacial score (nSPS) is 14.1. The van der Waals surface area contributed by atoms with Crippen LogP contribution in [0, 0.1) is 0 Å². The van der Waals surface area contributed by atoms with Gasteiger partial charge in [-0.05, 0) is 62.9 Å². The van der Waals surface area contributed by atoms with Crippen LogP contribution in [0.15, 0.2) is 222 Å². The van der Waals surface area contributed by atoms with Crippen molar-refractivity contribution < 1.29 is 4.42 Å². The number of nitrogens with one attached hydrogen (secondary N) is 1. The second-order valence-electron chi connectivity index (χ2n) is 15.7. The van der Waals surface area contributed by atoms with Crippen molar-refractivity contribution >= 4 is 65.9 Å². The first kappa shape index (κ1) is 34.9. The molecule has 0 aliphatic carbocycles. The predicted octanol–water partition coefficient (Wildman–Crippen LogP) is 14.6. The van der Waals surface area contributed by atoms with Gasteiger partial charge < -0.3 is 9.73 Å². The molecule has 1 aliphatic heterocycles. The van der Waals surface area contributed by atoms with Gasteiger partial charge in [-0.2, -0.15) is 0 Å². The Morgan fingerprint density at radius 2 is 1.03 bits per heavy atom. The molecule has 1 atom stereocenters. The van der Waals surface area contributed by atoms with Crippen molar-refractivity contribution in [3.63, 3.8) is 0 Å².